The molecule has 0 atom stereocenters. The summed E-state index contributed by atoms with van der Waals surface area (Å²) in [6.45, 7) is 0.124. The normalized spacial score (nSPS) is 10.9. The minimum absolute atomic E-state index is 0.124. The quantitative estimate of drug-likeness (QED) is 0.438. The number of aromatic nitrogens is 2. The lowest BCUT2D eigenvalue weighted by atomic mass is 10.1. The molecule has 25 heavy (non-hydrogen) atoms. The van der Waals surface area contributed by atoms with E-state index in [-0.39, 0.29) is 12.5 Å². The van der Waals surface area contributed by atoms with Gasteiger partial charge in [0, 0.05) is 0 Å². The second-order valence-electron chi connectivity index (χ2n) is 5.27. The van der Waals surface area contributed by atoms with E-state index in [2.05, 4.69) is 20.2 Å². The summed E-state index contributed by atoms with van der Waals surface area (Å²) >= 11 is 0. The molecule has 0 aliphatic carbocycles. The molecule has 2 aromatic carbocycles. The van der Waals surface area contributed by atoms with Gasteiger partial charge in [-0.25, -0.2) is 15.2 Å². The smallest absolute Gasteiger partial charge is 0.337 e. The number of amides is 1. The molecule has 1 heterocycles. The van der Waals surface area contributed by atoms with Crippen LogP contribution in [-0.4, -0.2) is 34.8 Å². The second kappa shape index (κ2) is 7.39. The fraction of sp³-hybridized carbons (Fsp3) is 0.111. The first-order valence-electron chi connectivity index (χ1n) is 7.57. The number of rotatable bonds is 5. The van der Waals surface area contributed by atoms with Gasteiger partial charge in [-0.3, -0.25) is 4.79 Å². The second-order valence-corrected chi connectivity index (χ2v) is 5.27. The van der Waals surface area contributed by atoms with Crippen LogP contribution in [0.1, 0.15) is 15.9 Å². The molecule has 0 spiro atoms. The van der Waals surface area contributed by atoms with Crippen LogP contribution in [0.2, 0.25) is 0 Å². The Hall–Kier alpha value is -3.48. The van der Waals surface area contributed by atoms with Gasteiger partial charge in [0.2, 0.25) is 0 Å². The number of benzene rings is 2. The van der Waals surface area contributed by atoms with Crippen LogP contribution in [0.25, 0.3) is 11.0 Å². The first kappa shape index (κ1) is 16.4. The van der Waals surface area contributed by atoms with Crippen molar-refractivity contribution in [2.24, 2.45) is 5.10 Å². The van der Waals surface area contributed by atoms with Gasteiger partial charge < -0.3 is 9.30 Å². The van der Waals surface area contributed by atoms with E-state index in [1.165, 1.54) is 13.3 Å². The zero-order chi connectivity index (χ0) is 17.6. The monoisotopic (exact) mass is 336 g/mol. The van der Waals surface area contributed by atoms with Crippen LogP contribution in [0.15, 0.2) is 60.0 Å². The van der Waals surface area contributed by atoms with Gasteiger partial charge in [-0.1, -0.05) is 24.3 Å². The van der Waals surface area contributed by atoms with Gasteiger partial charge in [0.1, 0.15) is 6.54 Å². The summed E-state index contributed by atoms with van der Waals surface area (Å²) in [5, 5.41) is 3.92. The van der Waals surface area contributed by atoms with Gasteiger partial charge in [0.05, 0.1) is 36.2 Å². The lowest BCUT2D eigenvalue weighted by Gasteiger charge is -2.03. The molecule has 0 radical (unpaired) electrons. The predicted molar refractivity (Wildman–Crippen MR) is 93.3 cm³/mol. The Bertz CT molecular complexity index is 929. The minimum Gasteiger partial charge on any atom is -0.465 e. The number of carbonyl (C=O) groups is 2. The van der Waals surface area contributed by atoms with E-state index >= 15 is 0 Å². The molecule has 0 fully saturated rings. The SMILES string of the molecule is COC(=O)c1ccc(/C=N\NC(=O)Cn2cnc3ccccc32)cc1. The van der Waals surface area contributed by atoms with E-state index in [9.17, 15) is 9.59 Å². The summed E-state index contributed by atoms with van der Waals surface area (Å²) < 4.78 is 6.39. The van der Waals surface area contributed by atoms with Gasteiger partial charge in [0.25, 0.3) is 5.91 Å². The Morgan fingerprint density at radius 1 is 1.20 bits per heavy atom. The summed E-state index contributed by atoms with van der Waals surface area (Å²) in [7, 11) is 1.33. The number of nitrogens with zero attached hydrogens (tertiary/aromatic N) is 3. The molecule has 3 aromatic rings. The summed E-state index contributed by atoms with van der Waals surface area (Å²) in [6.07, 6.45) is 3.13. The summed E-state index contributed by atoms with van der Waals surface area (Å²) in [4.78, 5) is 27.6. The molecule has 7 nitrogen and oxygen atoms in total. The molecule has 1 amide bonds. The van der Waals surface area contributed by atoms with E-state index in [0.717, 1.165) is 16.6 Å². The van der Waals surface area contributed by atoms with E-state index in [1.54, 1.807) is 35.2 Å². The third kappa shape index (κ3) is 3.89. The standard InChI is InChI=1S/C18H16N4O3/c1-25-18(24)14-8-6-13(7-9-14)10-20-21-17(23)11-22-12-19-15-4-2-3-5-16(15)22/h2-10,12H,11H2,1H3,(H,21,23)/b20-10-. The number of hydrogen-bond acceptors (Lipinski definition) is 5. The van der Waals surface area contributed by atoms with Gasteiger partial charge in [-0.05, 0) is 29.8 Å². The number of methoxy groups -OCH3 is 1. The largest absolute Gasteiger partial charge is 0.465 e. The number of ether oxygens (including phenoxy) is 1. The molecule has 3 rings (SSSR count). The van der Waals surface area contributed by atoms with Crippen LogP contribution in [0.4, 0.5) is 0 Å². The van der Waals surface area contributed by atoms with Crippen molar-refractivity contribution in [1.82, 2.24) is 15.0 Å². The fourth-order valence-electron chi connectivity index (χ4n) is 2.33. The number of fused-ring (bicyclic) bond motifs is 1. The van der Waals surface area contributed by atoms with Crippen molar-refractivity contribution >= 4 is 29.1 Å². The zero-order valence-electron chi connectivity index (χ0n) is 13.5. The maximum Gasteiger partial charge on any atom is 0.337 e. The molecule has 0 bridgehead atoms. The maximum atomic E-state index is 12.0. The highest BCUT2D eigenvalue weighted by Crippen LogP contribution is 2.11. The molecule has 0 aliphatic rings. The summed E-state index contributed by atoms with van der Waals surface area (Å²) in [5.41, 5.74) is 5.40. The minimum atomic E-state index is -0.399. The molecule has 0 unspecified atom stereocenters. The van der Waals surface area contributed by atoms with E-state index in [4.69, 9.17) is 0 Å². The van der Waals surface area contributed by atoms with Gasteiger partial charge in [-0.15, -0.1) is 0 Å². The Morgan fingerprint density at radius 2 is 1.96 bits per heavy atom. The molecule has 126 valence electrons. The van der Waals surface area contributed by atoms with Crippen molar-refractivity contribution < 1.29 is 14.3 Å². The highest BCUT2D eigenvalue weighted by molar-refractivity contribution is 5.90. The number of imidazole rings is 1. The Kier molecular flexibility index (Phi) is 4.84. The van der Waals surface area contributed by atoms with Gasteiger partial charge in [-0.2, -0.15) is 5.10 Å². The van der Waals surface area contributed by atoms with Crippen molar-refractivity contribution in [3.8, 4) is 0 Å². The number of para-hydroxylation sites is 2. The highest BCUT2D eigenvalue weighted by atomic mass is 16.5. The van der Waals surface area contributed by atoms with E-state index < -0.39 is 5.97 Å². The predicted octanol–water partition coefficient (Wildman–Crippen LogP) is 1.97. The first-order valence-corrected chi connectivity index (χ1v) is 7.57. The van der Waals surface area contributed by atoms with Gasteiger partial charge in [0.15, 0.2) is 0 Å². The topological polar surface area (TPSA) is 85.6 Å². The third-order valence-corrected chi connectivity index (χ3v) is 3.58. The highest BCUT2D eigenvalue weighted by Gasteiger charge is 2.06. The Labute approximate surface area is 143 Å². The number of esters is 1. The molecular weight excluding hydrogens is 320 g/mol. The first-order chi connectivity index (χ1) is 12.2. The number of hydrazone groups is 1. The zero-order valence-corrected chi connectivity index (χ0v) is 13.5. The fourth-order valence-corrected chi connectivity index (χ4v) is 2.33. The Balaban J connectivity index is 1.58. The Morgan fingerprint density at radius 3 is 2.72 bits per heavy atom. The van der Waals surface area contributed by atoms with Crippen molar-refractivity contribution in [3.05, 3.63) is 66.0 Å². The summed E-state index contributed by atoms with van der Waals surface area (Å²) in [6, 6.07) is 14.3. The molecule has 7 heteroatoms. The van der Waals surface area contributed by atoms with Crippen molar-refractivity contribution in [1.29, 1.82) is 0 Å². The molecule has 1 aromatic heterocycles. The average molecular weight is 336 g/mol. The van der Waals surface area contributed by atoms with E-state index in [0.29, 0.717) is 5.56 Å². The number of carbonyl (C=O) groups excluding carboxylic acids is 2. The van der Waals surface area contributed by atoms with Crippen LogP contribution < -0.4 is 5.43 Å². The van der Waals surface area contributed by atoms with Crippen LogP contribution in [-0.2, 0) is 16.1 Å². The number of hydrogen-bond donors (Lipinski definition) is 1. The summed E-state index contributed by atoms with van der Waals surface area (Å²) in [5.74, 6) is -0.657. The van der Waals surface area contributed by atoms with Crippen LogP contribution in [0.5, 0.6) is 0 Å². The maximum absolute atomic E-state index is 12.0. The van der Waals surface area contributed by atoms with Crippen LogP contribution >= 0.6 is 0 Å². The van der Waals surface area contributed by atoms with Gasteiger partial charge >= 0.3 is 5.97 Å². The van der Waals surface area contributed by atoms with Crippen molar-refractivity contribution in [2.75, 3.05) is 7.11 Å². The number of nitrogens with one attached hydrogen (secondary N) is 1. The molecule has 0 saturated heterocycles. The lowest BCUT2D eigenvalue weighted by molar-refractivity contribution is -0.121. The van der Waals surface area contributed by atoms with Crippen molar-refractivity contribution in [3.63, 3.8) is 0 Å². The van der Waals surface area contributed by atoms with Crippen LogP contribution in [0.3, 0.4) is 0 Å². The van der Waals surface area contributed by atoms with E-state index in [1.807, 2.05) is 24.3 Å². The van der Waals surface area contributed by atoms with Crippen LogP contribution in [0, 0.1) is 0 Å². The molecule has 0 saturated carbocycles. The van der Waals surface area contributed by atoms with Crippen molar-refractivity contribution in [2.45, 2.75) is 6.54 Å². The molecular formula is C18H16N4O3. The average Bonchev–Trinajstić information content (AvgIpc) is 3.04. The molecule has 0 aliphatic heterocycles. The lowest BCUT2D eigenvalue weighted by Crippen LogP contribution is -2.22. The molecule has 1 N–H and O–H groups in total. The third-order valence-electron chi connectivity index (χ3n) is 3.58.